The average molecular weight is 380 g/mol. The second-order valence-corrected chi connectivity index (χ2v) is 6.58. The van der Waals surface area contributed by atoms with Crippen molar-refractivity contribution in [2.75, 3.05) is 7.11 Å². The quantitative estimate of drug-likeness (QED) is 0.553. The first-order valence-electron chi connectivity index (χ1n) is 8.20. The van der Waals surface area contributed by atoms with Crippen LogP contribution < -0.4 is 10.1 Å². The van der Waals surface area contributed by atoms with Crippen LogP contribution in [0.4, 0.5) is 0 Å². The SMILES string of the molecule is COc1cn(-c2ccccc2)nc1C(=O)NCc1coc(-c2cccs2)n1. The summed E-state index contributed by atoms with van der Waals surface area (Å²) in [6, 6.07) is 13.4. The van der Waals surface area contributed by atoms with E-state index in [1.54, 1.807) is 22.2 Å². The molecular weight excluding hydrogens is 364 g/mol. The Balaban J connectivity index is 1.48. The Morgan fingerprint density at radius 2 is 2.11 bits per heavy atom. The zero-order chi connectivity index (χ0) is 18.6. The van der Waals surface area contributed by atoms with E-state index in [0.717, 1.165) is 10.6 Å². The number of hydrogen-bond donors (Lipinski definition) is 1. The third-order valence-corrected chi connectivity index (χ3v) is 4.71. The van der Waals surface area contributed by atoms with Crippen molar-refractivity contribution < 1.29 is 13.9 Å². The smallest absolute Gasteiger partial charge is 0.276 e. The predicted molar refractivity (Wildman–Crippen MR) is 101 cm³/mol. The fourth-order valence-electron chi connectivity index (χ4n) is 2.53. The predicted octanol–water partition coefficient (Wildman–Crippen LogP) is 3.53. The number of benzene rings is 1. The van der Waals surface area contributed by atoms with Gasteiger partial charge in [0, 0.05) is 0 Å². The van der Waals surface area contributed by atoms with Gasteiger partial charge in [-0.05, 0) is 23.6 Å². The molecule has 0 fully saturated rings. The summed E-state index contributed by atoms with van der Waals surface area (Å²) >= 11 is 1.54. The lowest BCUT2D eigenvalue weighted by atomic mass is 10.3. The number of ether oxygens (including phenoxy) is 1. The molecule has 0 aliphatic heterocycles. The number of carbonyl (C=O) groups excluding carboxylic acids is 1. The van der Waals surface area contributed by atoms with Crippen molar-refractivity contribution in [3.8, 4) is 22.2 Å². The Hall–Kier alpha value is -3.39. The Morgan fingerprint density at radius 1 is 1.26 bits per heavy atom. The Labute approximate surface area is 159 Å². The standard InChI is InChI=1S/C19H16N4O3S/c1-25-15-11-23(14-6-3-2-4-7-14)22-17(15)18(24)20-10-13-12-26-19(21-13)16-8-5-9-27-16/h2-9,11-12H,10H2,1H3,(H,20,24). The number of nitrogens with zero attached hydrogens (tertiary/aromatic N) is 3. The molecule has 0 atom stereocenters. The van der Waals surface area contributed by atoms with Gasteiger partial charge in [0.2, 0.25) is 5.89 Å². The molecule has 4 rings (SSSR count). The molecule has 0 radical (unpaired) electrons. The van der Waals surface area contributed by atoms with Crippen LogP contribution >= 0.6 is 11.3 Å². The van der Waals surface area contributed by atoms with E-state index in [4.69, 9.17) is 9.15 Å². The van der Waals surface area contributed by atoms with Crippen LogP contribution in [0.3, 0.4) is 0 Å². The van der Waals surface area contributed by atoms with Crippen LogP contribution in [0, 0.1) is 0 Å². The van der Waals surface area contributed by atoms with Crippen LogP contribution in [-0.4, -0.2) is 27.8 Å². The van der Waals surface area contributed by atoms with Gasteiger partial charge in [0.05, 0.1) is 36.1 Å². The van der Waals surface area contributed by atoms with Gasteiger partial charge in [-0.25, -0.2) is 9.67 Å². The van der Waals surface area contributed by atoms with Crippen molar-refractivity contribution in [2.24, 2.45) is 0 Å². The van der Waals surface area contributed by atoms with Gasteiger partial charge >= 0.3 is 0 Å². The van der Waals surface area contributed by atoms with Crippen LogP contribution in [0.25, 0.3) is 16.5 Å². The molecule has 0 bridgehead atoms. The molecule has 8 heteroatoms. The van der Waals surface area contributed by atoms with Gasteiger partial charge < -0.3 is 14.5 Å². The van der Waals surface area contributed by atoms with E-state index >= 15 is 0 Å². The first-order valence-corrected chi connectivity index (χ1v) is 9.08. The second-order valence-electron chi connectivity index (χ2n) is 5.63. The molecule has 0 saturated carbocycles. The molecule has 27 heavy (non-hydrogen) atoms. The number of methoxy groups -OCH3 is 1. The van der Waals surface area contributed by atoms with E-state index in [9.17, 15) is 4.79 Å². The summed E-state index contributed by atoms with van der Waals surface area (Å²) in [7, 11) is 1.51. The molecule has 4 aromatic rings. The van der Waals surface area contributed by atoms with E-state index in [-0.39, 0.29) is 18.1 Å². The Bertz CT molecular complexity index is 1040. The summed E-state index contributed by atoms with van der Waals surface area (Å²) in [6.07, 6.45) is 3.21. The minimum absolute atomic E-state index is 0.211. The number of nitrogens with one attached hydrogen (secondary N) is 1. The van der Waals surface area contributed by atoms with Gasteiger partial charge in [-0.1, -0.05) is 24.3 Å². The second kappa shape index (κ2) is 7.46. The Morgan fingerprint density at radius 3 is 2.85 bits per heavy atom. The maximum Gasteiger partial charge on any atom is 0.276 e. The maximum absolute atomic E-state index is 12.6. The minimum atomic E-state index is -0.345. The summed E-state index contributed by atoms with van der Waals surface area (Å²) in [4.78, 5) is 17.9. The number of aromatic nitrogens is 3. The third kappa shape index (κ3) is 3.61. The van der Waals surface area contributed by atoms with Crippen molar-refractivity contribution in [2.45, 2.75) is 6.54 Å². The van der Waals surface area contributed by atoms with Crippen LogP contribution in [0.5, 0.6) is 5.75 Å². The number of rotatable bonds is 6. The fourth-order valence-corrected chi connectivity index (χ4v) is 3.19. The van der Waals surface area contributed by atoms with Gasteiger partial charge in [-0.15, -0.1) is 11.3 Å². The van der Waals surface area contributed by atoms with E-state index in [2.05, 4.69) is 15.4 Å². The van der Waals surface area contributed by atoms with E-state index in [0.29, 0.717) is 17.3 Å². The molecule has 1 N–H and O–H groups in total. The van der Waals surface area contributed by atoms with E-state index in [1.807, 2.05) is 47.8 Å². The first-order chi connectivity index (χ1) is 13.2. The Kier molecular flexibility index (Phi) is 4.71. The number of amides is 1. The highest BCUT2D eigenvalue weighted by Gasteiger charge is 2.19. The van der Waals surface area contributed by atoms with Crippen molar-refractivity contribution in [3.63, 3.8) is 0 Å². The lowest BCUT2D eigenvalue weighted by Crippen LogP contribution is -2.24. The summed E-state index contributed by atoms with van der Waals surface area (Å²) in [5.41, 5.74) is 1.68. The summed E-state index contributed by atoms with van der Waals surface area (Å²) in [5.74, 6) is 0.596. The van der Waals surface area contributed by atoms with Crippen LogP contribution in [0.2, 0.25) is 0 Å². The topological polar surface area (TPSA) is 82.2 Å². The maximum atomic E-state index is 12.6. The van der Waals surface area contributed by atoms with Crippen LogP contribution in [0.1, 0.15) is 16.2 Å². The molecule has 136 valence electrons. The highest BCUT2D eigenvalue weighted by molar-refractivity contribution is 7.13. The number of thiophene rings is 1. The van der Waals surface area contributed by atoms with E-state index < -0.39 is 0 Å². The van der Waals surface area contributed by atoms with Crippen molar-refractivity contribution in [1.29, 1.82) is 0 Å². The molecule has 0 aliphatic rings. The highest BCUT2D eigenvalue weighted by Crippen LogP contribution is 2.24. The monoisotopic (exact) mass is 380 g/mol. The largest absolute Gasteiger partial charge is 0.493 e. The van der Waals surface area contributed by atoms with Gasteiger partial charge in [0.15, 0.2) is 11.4 Å². The number of hydrogen-bond acceptors (Lipinski definition) is 6. The summed E-state index contributed by atoms with van der Waals surface area (Å²) in [5, 5.41) is 9.10. The van der Waals surface area contributed by atoms with Gasteiger partial charge in [-0.2, -0.15) is 5.10 Å². The minimum Gasteiger partial charge on any atom is -0.493 e. The molecule has 1 amide bonds. The summed E-state index contributed by atoms with van der Waals surface area (Å²) < 4.78 is 12.4. The molecule has 7 nitrogen and oxygen atoms in total. The molecular formula is C19H16N4O3S. The highest BCUT2D eigenvalue weighted by atomic mass is 32.1. The number of carbonyl (C=O) groups is 1. The number of oxazole rings is 1. The molecule has 0 saturated heterocycles. The summed E-state index contributed by atoms with van der Waals surface area (Å²) in [6.45, 7) is 0.231. The molecule has 0 spiro atoms. The molecule has 3 heterocycles. The third-order valence-electron chi connectivity index (χ3n) is 3.85. The van der Waals surface area contributed by atoms with Crippen molar-refractivity contribution in [1.82, 2.24) is 20.1 Å². The lowest BCUT2D eigenvalue weighted by Gasteiger charge is -2.02. The molecule has 0 aliphatic carbocycles. The fraction of sp³-hybridized carbons (Fsp3) is 0.105. The van der Waals surface area contributed by atoms with Crippen LogP contribution in [-0.2, 0) is 6.54 Å². The zero-order valence-corrected chi connectivity index (χ0v) is 15.3. The van der Waals surface area contributed by atoms with Crippen molar-refractivity contribution >= 4 is 17.2 Å². The normalized spacial score (nSPS) is 10.7. The molecule has 0 unspecified atom stereocenters. The van der Waals surface area contributed by atoms with Crippen LogP contribution in [0.15, 0.2) is 64.7 Å². The zero-order valence-electron chi connectivity index (χ0n) is 14.5. The molecule has 1 aromatic carbocycles. The van der Waals surface area contributed by atoms with E-state index in [1.165, 1.54) is 13.4 Å². The van der Waals surface area contributed by atoms with Gasteiger partial charge in [0.25, 0.3) is 5.91 Å². The van der Waals surface area contributed by atoms with Crippen molar-refractivity contribution in [3.05, 3.63) is 71.7 Å². The number of para-hydroxylation sites is 1. The average Bonchev–Trinajstić information content (AvgIpc) is 3.46. The molecule has 3 aromatic heterocycles. The van der Waals surface area contributed by atoms with Gasteiger partial charge in [-0.3, -0.25) is 4.79 Å². The van der Waals surface area contributed by atoms with Gasteiger partial charge in [0.1, 0.15) is 6.26 Å². The first kappa shape index (κ1) is 17.0. The lowest BCUT2D eigenvalue weighted by molar-refractivity contribution is 0.0942.